The molecule has 3 aliphatic heterocycles. The first-order valence-electron chi connectivity index (χ1n) is 11.5. The van der Waals surface area contributed by atoms with Crippen molar-refractivity contribution in [2.45, 2.75) is 43.3 Å². The highest BCUT2D eigenvalue weighted by Gasteiger charge is 2.46. The number of likely N-dealkylation sites (tertiary alicyclic amines) is 1. The molecule has 9 nitrogen and oxygen atoms in total. The molecule has 0 aromatic carbocycles. The van der Waals surface area contributed by atoms with Gasteiger partial charge in [0, 0.05) is 60.3 Å². The fourth-order valence-corrected chi connectivity index (χ4v) is 4.69. The van der Waals surface area contributed by atoms with E-state index in [0.29, 0.717) is 45.7 Å². The molecule has 178 valence electrons. The van der Waals surface area contributed by atoms with Crippen molar-refractivity contribution in [1.82, 2.24) is 14.7 Å². The normalized spacial score (nSPS) is 29.3. The number of methoxy groups -OCH3 is 2. The Balaban J connectivity index is 1.63. The number of carbonyl (C=O) groups excluding carboxylic acids is 2. The maximum atomic E-state index is 13.5. The lowest BCUT2D eigenvalue weighted by molar-refractivity contribution is -0.158. The first-order chi connectivity index (χ1) is 15.0. The fourth-order valence-electron chi connectivity index (χ4n) is 4.69. The third-order valence-electron chi connectivity index (χ3n) is 7.01. The van der Waals surface area contributed by atoms with Crippen molar-refractivity contribution < 1.29 is 28.5 Å². The predicted molar refractivity (Wildman–Crippen MR) is 115 cm³/mol. The molecule has 0 aromatic rings. The summed E-state index contributed by atoms with van der Waals surface area (Å²) in [6.45, 7) is 6.07. The van der Waals surface area contributed by atoms with Gasteiger partial charge in [-0.15, -0.1) is 0 Å². The van der Waals surface area contributed by atoms with Crippen LogP contribution >= 0.6 is 0 Å². The van der Waals surface area contributed by atoms with Gasteiger partial charge in [0.2, 0.25) is 0 Å². The molecule has 3 saturated heterocycles. The summed E-state index contributed by atoms with van der Waals surface area (Å²) in [4.78, 5) is 32.4. The molecule has 0 radical (unpaired) electrons. The Morgan fingerprint density at radius 3 is 1.97 bits per heavy atom. The summed E-state index contributed by atoms with van der Waals surface area (Å²) in [5, 5.41) is 0. The number of nitrogens with zero attached hydrogens (tertiary/aromatic N) is 3. The molecule has 3 heterocycles. The second kappa shape index (κ2) is 11.0. The lowest BCUT2D eigenvalue weighted by atomic mass is 10.0. The molecule has 0 spiro atoms. The Labute approximate surface area is 185 Å². The zero-order chi connectivity index (χ0) is 22.3. The highest BCUT2D eigenvalue weighted by atomic mass is 16.6. The van der Waals surface area contributed by atoms with E-state index in [0.717, 1.165) is 19.6 Å². The van der Waals surface area contributed by atoms with E-state index in [1.807, 2.05) is 4.90 Å². The van der Waals surface area contributed by atoms with Crippen molar-refractivity contribution >= 4 is 11.8 Å². The molecule has 3 aliphatic rings. The lowest BCUT2D eigenvalue weighted by Crippen LogP contribution is -2.55. The molecule has 0 saturated carbocycles. The number of likely N-dealkylation sites (N-methyl/N-ethyl adjacent to an activating group) is 1. The monoisotopic (exact) mass is 441 g/mol. The quantitative estimate of drug-likeness (QED) is 0.485. The lowest BCUT2D eigenvalue weighted by Gasteiger charge is -2.36. The second-order valence-electron chi connectivity index (χ2n) is 8.92. The maximum Gasteiger partial charge on any atom is 0.257 e. The highest BCUT2D eigenvalue weighted by molar-refractivity contribution is 5.87. The van der Waals surface area contributed by atoms with Crippen LogP contribution in [-0.2, 0) is 28.5 Å². The van der Waals surface area contributed by atoms with E-state index in [1.54, 1.807) is 26.2 Å². The number of amides is 2. The van der Waals surface area contributed by atoms with Crippen LogP contribution in [0, 0.1) is 0 Å². The van der Waals surface area contributed by atoms with Gasteiger partial charge in [-0.3, -0.25) is 9.59 Å². The topological polar surface area (TPSA) is 80.8 Å². The van der Waals surface area contributed by atoms with E-state index in [-0.39, 0.29) is 25.0 Å². The molecule has 9 heteroatoms. The van der Waals surface area contributed by atoms with Crippen LogP contribution in [0.5, 0.6) is 0 Å². The van der Waals surface area contributed by atoms with Crippen LogP contribution in [0.4, 0.5) is 0 Å². The van der Waals surface area contributed by atoms with Gasteiger partial charge in [0.1, 0.15) is 0 Å². The summed E-state index contributed by atoms with van der Waals surface area (Å²) < 4.78 is 22.1. The summed E-state index contributed by atoms with van der Waals surface area (Å²) in [5.74, 6) is -0.141. The second-order valence-corrected chi connectivity index (χ2v) is 8.92. The SMILES string of the molecule is CO[C@]1(C(=O)N(C)CCN(CCN2CCCCC2)C(=O)[C@@]2(OC)CCOC2)CCOC1. The summed E-state index contributed by atoms with van der Waals surface area (Å²) in [6.07, 6.45) is 4.81. The Hall–Kier alpha value is -1.26. The molecule has 31 heavy (non-hydrogen) atoms. The number of ether oxygens (including phenoxy) is 4. The standard InChI is InChI=1S/C22H39N3O6/c1-23(19(26)21(28-2)7-15-30-17-21)11-13-25(14-12-24-9-5-4-6-10-24)20(27)22(29-3)8-16-31-18-22/h4-18H2,1-3H3/t21-,22-/m1/s1. The number of hydrogen-bond acceptors (Lipinski definition) is 7. The third kappa shape index (κ3) is 5.57. The van der Waals surface area contributed by atoms with Crippen molar-refractivity contribution in [3.8, 4) is 0 Å². The molecule has 3 fully saturated rings. The van der Waals surface area contributed by atoms with Gasteiger partial charge in [0.25, 0.3) is 11.8 Å². The molecule has 2 amide bonds. The van der Waals surface area contributed by atoms with Crippen molar-refractivity contribution in [2.24, 2.45) is 0 Å². The van der Waals surface area contributed by atoms with Crippen LogP contribution in [-0.4, -0.2) is 125 Å². The van der Waals surface area contributed by atoms with Crippen molar-refractivity contribution in [3.63, 3.8) is 0 Å². The molecule has 0 aromatic heterocycles. The van der Waals surface area contributed by atoms with Gasteiger partial charge < -0.3 is 33.6 Å². The average molecular weight is 442 g/mol. The maximum absolute atomic E-state index is 13.5. The van der Waals surface area contributed by atoms with E-state index in [9.17, 15) is 9.59 Å². The summed E-state index contributed by atoms with van der Waals surface area (Å²) >= 11 is 0. The Morgan fingerprint density at radius 2 is 1.45 bits per heavy atom. The van der Waals surface area contributed by atoms with Crippen LogP contribution < -0.4 is 0 Å². The first-order valence-corrected chi connectivity index (χ1v) is 11.5. The number of piperidine rings is 1. The summed E-state index contributed by atoms with van der Waals surface area (Å²) in [7, 11) is 4.89. The number of rotatable bonds is 10. The average Bonchev–Trinajstić information content (AvgIpc) is 3.49. The minimum atomic E-state index is -0.919. The molecule has 0 bridgehead atoms. The van der Waals surface area contributed by atoms with Crippen LogP contribution in [0.2, 0.25) is 0 Å². The molecule has 3 rings (SSSR count). The van der Waals surface area contributed by atoms with Gasteiger partial charge in [0.05, 0.1) is 26.4 Å². The van der Waals surface area contributed by atoms with Gasteiger partial charge >= 0.3 is 0 Å². The van der Waals surface area contributed by atoms with E-state index >= 15 is 0 Å². The molecule has 2 atom stereocenters. The van der Waals surface area contributed by atoms with E-state index in [1.165, 1.54) is 19.3 Å². The minimum Gasteiger partial charge on any atom is -0.378 e. The molecule has 0 N–H and O–H groups in total. The first kappa shape index (κ1) is 24.4. The summed E-state index contributed by atoms with van der Waals surface area (Å²) in [6, 6.07) is 0. The van der Waals surface area contributed by atoms with Gasteiger partial charge in [-0.2, -0.15) is 0 Å². The van der Waals surface area contributed by atoms with Crippen LogP contribution in [0.25, 0.3) is 0 Å². The molecular formula is C22H39N3O6. The van der Waals surface area contributed by atoms with Crippen molar-refractivity contribution in [1.29, 1.82) is 0 Å². The number of carbonyl (C=O) groups is 2. The van der Waals surface area contributed by atoms with E-state index in [4.69, 9.17) is 18.9 Å². The largest absolute Gasteiger partial charge is 0.378 e. The molecule has 0 unspecified atom stereocenters. The zero-order valence-corrected chi connectivity index (χ0v) is 19.4. The molecular weight excluding hydrogens is 402 g/mol. The van der Waals surface area contributed by atoms with Crippen LogP contribution in [0.15, 0.2) is 0 Å². The van der Waals surface area contributed by atoms with Crippen molar-refractivity contribution in [2.75, 3.05) is 87.0 Å². The van der Waals surface area contributed by atoms with Gasteiger partial charge in [0.15, 0.2) is 11.2 Å². The fraction of sp³-hybridized carbons (Fsp3) is 0.909. The van der Waals surface area contributed by atoms with E-state index < -0.39 is 11.2 Å². The Bertz CT molecular complexity index is 598. The van der Waals surface area contributed by atoms with Crippen LogP contribution in [0.1, 0.15) is 32.1 Å². The number of hydrogen-bond donors (Lipinski definition) is 0. The smallest absolute Gasteiger partial charge is 0.257 e. The van der Waals surface area contributed by atoms with Crippen LogP contribution in [0.3, 0.4) is 0 Å². The highest BCUT2D eigenvalue weighted by Crippen LogP contribution is 2.26. The van der Waals surface area contributed by atoms with E-state index in [2.05, 4.69) is 4.90 Å². The zero-order valence-electron chi connectivity index (χ0n) is 19.4. The van der Waals surface area contributed by atoms with Gasteiger partial charge in [-0.25, -0.2) is 0 Å². The minimum absolute atomic E-state index is 0.0454. The summed E-state index contributed by atoms with van der Waals surface area (Å²) in [5.41, 5.74) is -1.83. The van der Waals surface area contributed by atoms with Crippen molar-refractivity contribution in [3.05, 3.63) is 0 Å². The Kier molecular flexibility index (Phi) is 8.69. The predicted octanol–water partition coefficient (Wildman–Crippen LogP) is 0.370. The third-order valence-corrected chi connectivity index (χ3v) is 7.01. The Morgan fingerprint density at radius 1 is 0.871 bits per heavy atom. The molecule has 0 aliphatic carbocycles. The van der Waals surface area contributed by atoms with Gasteiger partial charge in [-0.05, 0) is 25.9 Å². The van der Waals surface area contributed by atoms with Gasteiger partial charge in [-0.1, -0.05) is 6.42 Å².